The molecule has 4 rings (SSSR count). The molecule has 136 valence electrons. The molecule has 0 spiro atoms. The van der Waals surface area contributed by atoms with Crippen LogP contribution in [0.25, 0.3) is 16.7 Å². The van der Waals surface area contributed by atoms with Crippen molar-refractivity contribution in [2.24, 2.45) is 0 Å². The molecule has 0 aliphatic rings. The van der Waals surface area contributed by atoms with Crippen LogP contribution in [0.4, 0.5) is 0 Å². The predicted molar refractivity (Wildman–Crippen MR) is 98.6 cm³/mol. The Balaban J connectivity index is 1.57. The molecule has 0 N–H and O–H groups in total. The van der Waals surface area contributed by atoms with Gasteiger partial charge in [0.1, 0.15) is 5.82 Å². The molecular weight excluding hydrogens is 344 g/mol. The molecule has 0 aliphatic heterocycles. The first-order valence-electron chi connectivity index (χ1n) is 8.69. The van der Waals surface area contributed by atoms with E-state index in [0.29, 0.717) is 17.8 Å². The Labute approximate surface area is 155 Å². The van der Waals surface area contributed by atoms with Gasteiger partial charge in [0.25, 0.3) is 5.89 Å². The van der Waals surface area contributed by atoms with E-state index < -0.39 is 5.97 Å². The van der Waals surface area contributed by atoms with Gasteiger partial charge < -0.3 is 9.26 Å². The summed E-state index contributed by atoms with van der Waals surface area (Å²) in [5.74, 6) is 1.26. The fraction of sp³-hybridized carbons (Fsp3) is 0.200. The van der Waals surface area contributed by atoms with Crippen molar-refractivity contribution in [1.29, 1.82) is 0 Å². The molecule has 0 unspecified atom stereocenters. The van der Waals surface area contributed by atoms with E-state index in [0.717, 1.165) is 22.5 Å². The molecule has 7 nitrogen and oxygen atoms in total. The number of imidazole rings is 1. The first-order valence-corrected chi connectivity index (χ1v) is 8.69. The summed E-state index contributed by atoms with van der Waals surface area (Å²) in [5, 5.41) is 3.78. The Morgan fingerprint density at radius 1 is 1.15 bits per heavy atom. The quantitative estimate of drug-likeness (QED) is 0.504. The summed E-state index contributed by atoms with van der Waals surface area (Å²) in [6.45, 7) is 3.81. The number of hydrogen-bond donors (Lipinski definition) is 0. The molecule has 2 heterocycles. The molecule has 0 fully saturated rings. The van der Waals surface area contributed by atoms with Gasteiger partial charge in [0, 0.05) is 12.1 Å². The maximum Gasteiger partial charge on any atom is 0.338 e. The second-order valence-corrected chi connectivity index (χ2v) is 6.07. The Hall–Kier alpha value is -3.48. The molecule has 0 atom stereocenters. The highest BCUT2D eigenvalue weighted by atomic mass is 16.6. The summed E-state index contributed by atoms with van der Waals surface area (Å²) in [4.78, 5) is 21.1. The lowest BCUT2D eigenvalue weighted by molar-refractivity contribution is 0.0430. The van der Waals surface area contributed by atoms with Gasteiger partial charge >= 0.3 is 5.97 Å². The van der Waals surface area contributed by atoms with Crippen LogP contribution in [0.3, 0.4) is 0 Å². The number of para-hydroxylation sites is 1. The van der Waals surface area contributed by atoms with Crippen molar-refractivity contribution in [3.63, 3.8) is 0 Å². The van der Waals surface area contributed by atoms with Crippen LogP contribution in [-0.2, 0) is 17.8 Å². The number of carbonyl (C=O) groups excluding carboxylic acids is 1. The molecule has 0 aliphatic carbocycles. The van der Waals surface area contributed by atoms with Crippen molar-refractivity contribution >= 4 is 17.0 Å². The zero-order valence-corrected chi connectivity index (χ0v) is 15.0. The van der Waals surface area contributed by atoms with Crippen molar-refractivity contribution in [1.82, 2.24) is 19.7 Å². The number of benzene rings is 2. The zero-order chi connectivity index (χ0) is 18.8. The summed E-state index contributed by atoms with van der Waals surface area (Å²) >= 11 is 0. The number of fused-ring (bicyclic) bond motifs is 1. The van der Waals surface area contributed by atoms with E-state index in [1.807, 2.05) is 50.2 Å². The van der Waals surface area contributed by atoms with Gasteiger partial charge in [0.2, 0.25) is 0 Å². The van der Waals surface area contributed by atoms with Crippen LogP contribution in [0, 0.1) is 6.92 Å². The lowest BCUT2D eigenvalue weighted by Gasteiger charge is -2.07. The largest absolute Gasteiger partial charge is 0.452 e. The molecule has 7 heteroatoms. The fourth-order valence-corrected chi connectivity index (χ4v) is 2.93. The van der Waals surface area contributed by atoms with Crippen LogP contribution in [0.2, 0.25) is 0 Å². The van der Waals surface area contributed by atoms with E-state index in [9.17, 15) is 4.79 Å². The number of ether oxygens (including phenoxy) is 1. The normalized spacial score (nSPS) is 11.0. The molecule has 0 radical (unpaired) electrons. The third-order valence-corrected chi connectivity index (χ3v) is 4.23. The Morgan fingerprint density at radius 2 is 1.96 bits per heavy atom. The number of esters is 1. The number of nitrogens with zero attached hydrogens (tertiary/aromatic N) is 4. The van der Waals surface area contributed by atoms with Crippen LogP contribution in [0.1, 0.15) is 34.8 Å². The summed E-state index contributed by atoms with van der Waals surface area (Å²) in [7, 11) is 0. The van der Waals surface area contributed by atoms with Crippen molar-refractivity contribution in [2.45, 2.75) is 26.9 Å². The Kier molecular flexibility index (Phi) is 4.42. The van der Waals surface area contributed by atoms with E-state index in [1.54, 1.807) is 12.1 Å². The van der Waals surface area contributed by atoms with Crippen molar-refractivity contribution in [2.75, 3.05) is 0 Å². The van der Waals surface area contributed by atoms with E-state index in [1.165, 1.54) is 0 Å². The van der Waals surface area contributed by atoms with Gasteiger partial charge in [-0.1, -0.05) is 30.3 Å². The van der Waals surface area contributed by atoms with Gasteiger partial charge in [-0.2, -0.15) is 4.98 Å². The molecule has 4 aromatic rings. The van der Waals surface area contributed by atoms with E-state index in [4.69, 9.17) is 9.26 Å². The predicted octanol–water partition coefficient (Wildman–Crippen LogP) is 3.64. The van der Waals surface area contributed by atoms with Gasteiger partial charge in [-0.05, 0) is 37.3 Å². The van der Waals surface area contributed by atoms with E-state index >= 15 is 0 Å². The van der Waals surface area contributed by atoms with E-state index in [2.05, 4.69) is 19.7 Å². The lowest BCUT2D eigenvalue weighted by Crippen LogP contribution is -2.05. The number of hydrogen-bond acceptors (Lipinski definition) is 6. The van der Waals surface area contributed by atoms with Crippen molar-refractivity contribution in [3.8, 4) is 5.69 Å². The molecule has 0 amide bonds. The van der Waals surface area contributed by atoms with Crippen molar-refractivity contribution < 1.29 is 14.1 Å². The minimum Gasteiger partial charge on any atom is -0.452 e. The van der Waals surface area contributed by atoms with Crippen LogP contribution >= 0.6 is 0 Å². The van der Waals surface area contributed by atoms with Gasteiger partial charge in [-0.15, -0.1) is 0 Å². The number of rotatable bonds is 5. The summed E-state index contributed by atoms with van der Waals surface area (Å²) in [6.07, 6.45) is 0.664. The highest BCUT2D eigenvalue weighted by Crippen LogP contribution is 2.22. The van der Waals surface area contributed by atoms with Gasteiger partial charge in [-0.3, -0.25) is 4.57 Å². The van der Waals surface area contributed by atoms with Crippen LogP contribution in [-0.4, -0.2) is 25.7 Å². The highest BCUT2D eigenvalue weighted by Gasteiger charge is 2.15. The Bertz CT molecular complexity index is 1100. The minimum absolute atomic E-state index is 0.0542. The van der Waals surface area contributed by atoms with Crippen LogP contribution < -0.4 is 0 Å². The molecule has 0 saturated carbocycles. The maximum absolute atomic E-state index is 12.4. The first kappa shape index (κ1) is 17.0. The van der Waals surface area contributed by atoms with Gasteiger partial charge in [0.15, 0.2) is 12.4 Å². The molecule has 2 aromatic carbocycles. The number of aromatic nitrogens is 4. The molecule has 27 heavy (non-hydrogen) atoms. The Morgan fingerprint density at radius 3 is 2.70 bits per heavy atom. The summed E-state index contributed by atoms with van der Waals surface area (Å²) < 4.78 is 12.3. The minimum atomic E-state index is -0.458. The SMILES string of the molecule is CCc1noc(COC(=O)c2ccc3c(c2)nc(C)n3-c2ccccc2)n1. The molecule has 0 saturated heterocycles. The zero-order valence-electron chi connectivity index (χ0n) is 15.0. The van der Waals surface area contributed by atoms with Gasteiger partial charge in [-0.25, -0.2) is 9.78 Å². The summed E-state index contributed by atoms with van der Waals surface area (Å²) in [6, 6.07) is 15.3. The molecular formula is C20H18N4O3. The van der Waals surface area contributed by atoms with E-state index in [-0.39, 0.29) is 12.5 Å². The monoisotopic (exact) mass is 362 g/mol. The van der Waals surface area contributed by atoms with Crippen LogP contribution in [0.5, 0.6) is 0 Å². The average molecular weight is 362 g/mol. The standard InChI is InChI=1S/C20H18N4O3/c1-3-18-22-19(27-23-18)12-26-20(25)14-9-10-17-16(11-14)21-13(2)24(17)15-7-5-4-6-8-15/h4-11H,3,12H2,1-2H3. The molecule has 0 bridgehead atoms. The second-order valence-electron chi connectivity index (χ2n) is 6.07. The fourth-order valence-electron chi connectivity index (χ4n) is 2.93. The van der Waals surface area contributed by atoms with Crippen LogP contribution in [0.15, 0.2) is 53.1 Å². The lowest BCUT2D eigenvalue weighted by atomic mass is 10.2. The number of carbonyl (C=O) groups is 1. The average Bonchev–Trinajstić information content (AvgIpc) is 3.29. The maximum atomic E-state index is 12.4. The smallest absolute Gasteiger partial charge is 0.338 e. The number of aryl methyl sites for hydroxylation is 2. The molecule has 2 aromatic heterocycles. The topological polar surface area (TPSA) is 83.0 Å². The van der Waals surface area contributed by atoms with Gasteiger partial charge in [0.05, 0.1) is 16.6 Å². The van der Waals surface area contributed by atoms with Crippen molar-refractivity contribution in [3.05, 3.63) is 71.6 Å². The summed E-state index contributed by atoms with van der Waals surface area (Å²) in [5.41, 5.74) is 3.11. The highest BCUT2D eigenvalue weighted by molar-refractivity contribution is 5.94. The third kappa shape index (κ3) is 3.31. The first-order chi connectivity index (χ1) is 13.2. The third-order valence-electron chi connectivity index (χ3n) is 4.23. The second kappa shape index (κ2) is 7.03.